The van der Waals surface area contributed by atoms with E-state index in [1.54, 1.807) is 7.11 Å². The lowest BCUT2D eigenvalue weighted by molar-refractivity contribution is 0.139. The second kappa shape index (κ2) is 6.57. The van der Waals surface area contributed by atoms with Crippen molar-refractivity contribution in [1.82, 2.24) is 0 Å². The van der Waals surface area contributed by atoms with E-state index in [9.17, 15) is 5.11 Å². The Balaban J connectivity index is 3.35. The summed E-state index contributed by atoms with van der Waals surface area (Å²) in [4.78, 5) is 0. The Morgan fingerprint density at radius 2 is 1.90 bits per heavy atom. The highest BCUT2D eigenvalue weighted by molar-refractivity contribution is 5.49. The number of benzene rings is 1. The van der Waals surface area contributed by atoms with Gasteiger partial charge in [-0.15, -0.1) is 0 Å². The first-order chi connectivity index (χ1) is 9.22. The Morgan fingerprint density at radius 1 is 1.30 bits per heavy atom. The van der Waals surface area contributed by atoms with Crippen LogP contribution in [-0.2, 0) is 5.41 Å². The fourth-order valence-electron chi connectivity index (χ4n) is 2.39. The molecule has 0 fully saturated rings. The van der Waals surface area contributed by atoms with Crippen LogP contribution in [0.25, 0.3) is 0 Å². The number of ether oxygens (including phenoxy) is 1. The summed E-state index contributed by atoms with van der Waals surface area (Å²) >= 11 is 0. The van der Waals surface area contributed by atoms with Gasteiger partial charge in [0.2, 0.25) is 0 Å². The molecule has 114 valence electrons. The maximum Gasteiger partial charge on any atom is 0.128 e. The lowest BCUT2D eigenvalue weighted by Gasteiger charge is -2.28. The summed E-state index contributed by atoms with van der Waals surface area (Å²) in [5.41, 5.74) is 14.4. The molecule has 0 heterocycles. The average molecular weight is 280 g/mol. The Morgan fingerprint density at radius 3 is 2.35 bits per heavy atom. The minimum atomic E-state index is -0.769. The SMILES string of the molecule is COc1c(C(O)C(N)CCN)cc(C)cc1C(C)(C)C. The van der Waals surface area contributed by atoms with Crippen molar-refractivity contribution in [2.45, 2.75) is 51.7 Å². The highest BCUT2D eigenvalue weighted by Crippen LogP contribution is 2.38. The molecule has 2 atom stereocenters. The average Bonchev–Trinajstić information content (AvgIpc) is 2.36. The first-order valence-corrected chi connectivity index (χ1v) is 7.05. The minimum Gasteiger partial charge on any atom is -0.496 e. The molecule has 0 aliphatic rings. The molecule has 1 aromatic carbocycles. The summed E-state index contributed by atoms with van der Waals surface area (Å²) in [5.74, 6) is 0.725. The molecular formula is C16H28N2O2. The van der Waals surface area contributed by atoms with Crippen molar-refractivity contribution in [2.75, 3.05) is 13.7 Å². The van der Waals surface area contributed by atoms with Crippen LogP contribution in [0.5, 0.6) is 5.75 Å². The van der Waals surface area contributed by atoms with Crippen LogP contribution in [0.15, 0.2) is 12.1 Å². The predicted molar refractivity (Wildman–Crippen MR) is 83.0 cm³/mol. The van der Waals surface area contributed by atoms with E-state index in [1.807, 2.05) is 13.0 Å². The molecule has 2 unspecified atom stereocenters. The Bertz CT molecular complexity index is 453. The summed E-state index contributed by atoms with van der Waals surface area (Å²) in [6.45, 7) is 8.85. The summed E-state index contributed by atoms with van der Waals surface area (Å²) in [5, 5.41) is 10.5. The molecule has 0 spiro atoms. The zero-order valence-corrected chi connectivity index (χ0v) is 13.2. The largest absolute Gasteiger partial charge is 0.496 e. The normalized spacial score (nSPS) is 15.0. The van der Waals surface area contributed by atoms with Gasteiger partial charge in [-0.05, 0) is 31.4 Å². The maximum absolute atomic E-state index is 10.5. The fourth-order valence-corrected chi connectivity index (χ4v) is 2.39. The molecule has 0 radical (unpaired) electrons. The number of rotatable bonds is 5. The number of aryl methyl sites for hydroxylation is 1. The third-order valence-corrected chi connectivity index (χ3v) is 3.50. The van der Waals surface area contributed by atoms with Crippen LogP contribution in [0.4, 0.5) is 0 Å². The van der Waals surface area contributed by atoms with Gasteiger partial charge in [0.1, 0.15) is 5.75 Å². The quantitative estimate of drug-likeness (QED) is 0.770. The van der Waals surface area contributed by atoms with E-state index in [0.29, 0.717) is 13.0 Å². The van der Waals surface area contributed by atoms with Gasteiger partial charge in [-0.3, -0.25) is 0 Å². The zero-order chi connectivity index (χ0) is 15.5. The lowest BCUT2D eigenvalue weighted by Crippen LogP contribution is -2.31. The molecule has 0 aromatic heterocycles. The first kappa shape index (κ1) is 17.0. The van der Waals surface area contributed by atoms with E-state index in [1.165, 1.54) is 0 Å². The van der Waals surface area contributed by atoms with E-state index in [4.69, 9.17) is 16.2 Å². The molecule has 5 N–H and O–H groups in total. The highest BCUT2D eigenvalue weighted by Gasteiger charge is 2.26. The molecular weight excluding hydrogens is 252 g/mol. The van der Waals surface area contributed by atoms with Gasteiger partial charge in [0.05, 0.1) is 13.2 Å². The number of hydrogen-bond acceptors (Lipinski definition) is 4. The zero-order valence-electron chi connectivity index (χ0n) is 13.2. The Kier molecular flexibility index (Phi) is 5.57. The van der Waals surface area contributed by atoms with Gasteiger partial charge >= 0.3 is 0 Å². The number of aliphatic hydroxyl groups excluding tert-OH is 1. The van der Waals surface area contributed by atoms with Crippen LogP contribution >= 0.6 is 0 Å². The second-order valence-electron chi connectivity index (χ2n) is 6.37. The molecule has 0 bridgehead atoms. The molecule has 0 amide bonds. The molecule has 0 saturated carbocycles. The van der Waals surface area contributed by atoms with Gasteiger partial charge < -0.3 is 21.3 Å². The highest BCUT2D eigenvalue weighted by atomic mass is 16.5. The monoisotopic (exact) mass is 280 g/mol. The van der Waals surface area contributed by atoms with Crippen molar-refractivity contribution >= 4 is 0 Å². The number of nitrogens with two attached hydrogens (primary N) is 2. The fraction of sp³-hybridized carbons (Fsp3) is 0.625. The van der Waals surface area contributed by atoms with E-state index >= 15 is 0 Å². The third kappa shape index (κ3) is 3.72. The summed E-state index contributed by atoms with van der Waals surface area (Å²) in [7, 11) is 1.63. The third-order valence-electron chi connectivity index (χ3n) is 3.50. The van der Waals surface area contributed by atoms with Crippen molar-refractivity contribution in [3.63, 3.8) is 0 Å². The van der Waals surface area contributed by atoms with Crippen LogP contribution in [0.1, 0.15) is 50.0 Å². The molecule has 0 saturated heterocycles. The number of methoxy groups -OCH3 is 1. The molecule has 0 aliphatic carbocycles. The molecule has 0 aliphatic heterocycles. The molecule has 1 rings (SSSR count). The topological polar surface area (TPSA) is 81.5 Å². The van der Waals surface area contributed by atoms with Crippen molar-refractivity contribution in [1.29, 1.82) is 0 Å². The molecule has 1 aromatic rings. The van der Waals surface area contributed by atoms with E-state index in [-0.39, 0.29) is 11.5 Å². The van der Waals surface area contributed by atoms with Crippen LogP contribution in [0.2, 0.25) is 0 Å². The predicted octanol–water partition coefficient (Wildman–Crippen LogP) is 2.01. The van der Waals surface area contributed by atoms with Crippen molar-refractivity contribution in [3.05, 3.63) is 28.8 Å². The van der Waals surface area contributed by atoms with Gasteiger partial charge in [0.25, 0.3) is 0 Å². The van der Waals surface area contributed by atoms with E-state index < -0.39 is 6.10 Å². The smallest absolute Gasteiger partial charge is 0.128 e. The van der Waals surface area contributed by atoms with E-state index in [2.05, 4.69) is 26.8 Å². The first-order valence-electron chi connectivity index (χ1n) is 7.05. The molecule has 20 heavy (non-hydrogen) atoms. The summed E-state index contributed by atoms with van der Waals surface area (Å²) in [6, 6.07) is 3.65. The van der Waals surface area contributed by atoms with Gasteiger partial charge in [-0.2, -0.15) is 0 Å². The van der Waals surface area contributed by atoms with Gasteiger partial charge in [0, 0.05) is 17.2 Å². The van der Waals surface area contributed by atoms with Gasteiger partial charge in [0.15, 0.2) is 0 Å². The number of hydrogen-bond donors (Lipinski definition) is 3. The van der Waals surface area contributed by atoms with E-state index in [0.717, 1.165) is 22.4 Å². The molecule has 4 heteroatoms. The van der Waals surface area contributed by atoms with Crippen molar-refractivity contribution in [3.8, 4) is 5.75 Å². The molecule has 4 nitrogen and oxygen atoms in total. The second-order valence-corrected chi connectivity index (χ2v) is 6.37. The van der Waals surface area contributed by atoms with Crippen LogP contribution < -0.4 is 16.2 Å². The van der Waals surface area contributed by atoms with Crippen molar-refractivity contribution < 1.29 is 9.84 Å². The van der Waals surface area contributed by atoms with Gasteiger partial charge in [-0.1, -0.05) is 32.4 Å². The van der Waals surface area contributed by atoms with Crippen molar-refractivity contribution in [2.24, 2.45) is 11.5 Å². The Hall–Kier alpha value is -1.10. The maximum atomic E-state index is 10.5. The van der Waals surface area contributed by atoms with Crippen LogP contribution in [0.3, 0.4) is 0 Å². The summed E-state index contributed by atoms with van der Waals surface area (Å²) in [6.07, 6.45) is -0.196. The summed E-state index contributed by atoms with van der Waals surface area (Å²) < 4.78 is 5.56. The lowest BCUT2D eigenvalue weighted by atomic mass is 9.82. The van der Waals surface area contributed by atoms with Gasteiger partial charge in [-0.25, -0.2) is 0 Å². The standard InChI is InChI=1S/C16H28N2O2/c1-10-8-11(14(19)13(18)6-7-17)15(20-5)12(9-10)16(2,3)4/h8-9,13-14,19H,6-7,17-18H2,1-5H3. The minimum absolute atomic E-state index is 0.0657. The van der Waals surface area contributed by atoms with Crippen LogP contribution in [0, 0.1) is 6.92 Å². The Labute approximate surface area is 122 Å². The van der Waals surface area contributed by atoms with Crippen LogP contribution in [-0.4, -0.2) is 24.8 Å². The number of aliphatic hydroxyl groups is 1.